The molecular weight excluding hydrogens is 212 g/mol. The molecule has 0 N–H and O–H groups in total. The maximum Gasteiger partial charge on any atom is 0.410 e. The van der Waals surface area contributed by atoms with Crippen molar-refractivity contribution in [1.29, 1.82) is 0 Å². The molecule has 0 atom stereocenters. The van der Waals surface area contributed by atoms with Crippen LogP contribution in [0.25, 0.3) is 5.57 Å². The predicted molar refractivity (Wildman–Crippen MR) is 46.5 cm³/mol. The number of carbonyl (C=O) groups excluding carboxylic acids is 1. The summed E-state index contributed by atoms with van der Waals surface area (Å²) in [5.74, 6) is -0.573. The Kier molecular flexibility index (Phi) is 3.24. The Morgan fingerprint density at radius 2 is 1.67 bits per heavy atom. The normalized spacial score (nSPS) is 12.7. The van der Waals surface area contributed by atoms with E-state index in [9.17, 15) is 22.4 Å². The van der Waals surface area contributed by atoms with Crippen LogP contribution in [-0.4, -0.2) is 12.5 Å². The van der Waals surface area contributed by atoms with Crippen LogP contribution in [0.3, 0.4) is 0 Å². The number of hydrogen-bond donors (Lipinski definition) is 0. The van der Waals surface area contributed by atoms with Gasteiger partial charge in [0.05, 0.1) is 0 Å². The highest BCUT2D eigenvalue weighted by molar-refractivity contribution is 6.06. The van der Waals surface area contributed by atoms with Crippen molar-refractivity contribution in [2.24, 2.45) is 0 Å². The van der Waals surface area contributed by atoms with E-state index in [1.165, 1.54) is 0 Å². The lowest BCUT2D eigenvalue weighted by atomic mass is 10.1. The van der Waals surface area contributed by atoms with Crippen molar-refractivity contribution in [3.8, 4) is 0 Å². The van der Waals surface area contributed by atoms with Crippen LogP contribution in [0.1, 0.15) is 5.56 Å². The number of allylic oxidation sites excluding steroid dienone is 2. The van der Waals surface area contributed by atoms with Gasteiger partial charge in [-0.25, -0.2) is 4.39 Å². The first-order valence-electron chi connectivity index (χ1n) is 3.93. The highest BCUT2D eigenvalue weighted by atomic mass is 19.4. The molecule has 1 aromatic carbocycles. The maximum absolute atomic E-state index is 12.5. The molecule has 0 fully saturated rings. The van der Waals surface area contributed by atoms with Crippen LogP contribution >= 0.6 is 0 Å². The molecule has 0 saturated carbocycles. The van der Waals surface area contributed by atoms with Crippen molar-refractivity contribution in [3.05, 3.63) is 41.7 Å². The Balaban J connectivity index is 3.08. The Morgan fingerprint density at radius 3 is 2.07 bits per heavy atom. The lowest BCUT2D eigenvalue weighted by molar-refractivity contribution is -0.104. The van der Waals surface area contributed by atoms with Gasteiger partial charge in [-0.05, 0) is 17.7 Å². The van der Waals surface area contributed by atoms with Crippen molar-refractivity contribution in [2.45, 2.75) is 6.18 Å². The minimum Gasteiger partial charge on any atom is -0.298 e. The molecule has 15 heavy (non-hydrogen) atoms. The number of hydrogen-bond acceptors (Lipinski definition) is 1. The van der Waals surface area contributed by atoms with Crippen LogP contribution in [-0.2, 0) is 4.79 Å². The number of halogens is 4. The number of benzene rings is 1. The number of carbonyl (C=O) groups is 1. The fraction of sp³-hybridized carbons (Fsp3) is 0.100. The van der Waals surface area contributed by atoms with Gasteiger partial charge in [0.15, 0.2) is 6.29 Å². The molecule has 0 amide bonds. The van der Waals surface area contributed by atoms with Gasteiger partial charge in [0, 0.05) is 11.6 Å². The average Bonchev–Trinajstić information content (AvgIpc) is 2.14. The summed E-state index contributed by atoms with van der Waals surface area (Å²) in [7, 11) is 0. The van der Waals surface area contributed by atoms with Crippen LogP contribution < -0.4 is 0 Å². The van der Waals surface area contributed by atoms with Crippen molar-refractivity contribution >= 4 is 11.9 Å². The second-order valence-electron chi connectivity index (χ2n) is 2.77. The summed E-state index contributed by atoms with van der Waals surface area (Å²) >= 11 is 0. The van der Waals surface area contributed by atoms with E-state index in [0.717, 1.165) is 24.3 Å². The number of alkyl halides is 3. The van der Waals surface area contributed by atoms with Crippen LogP contribution in [0.5, 0.6) is 0 Å². The Morgan fingerprint density at radius 1 is 1.13 bits per heavy atom. The van der Waals surface area contributed by atoms with Gasteiger partial charge in [-0.1, -0.05) is 12.1 Å². The van der Waals surface area contributed by atoms with Gasteiger partial charge in [-0.3, -0.25) is 4.79 Å². The van der Waals surface area contributed by atoms with Crippen LogP contribution in [0.15, 0.2) is 30.3 Å². The molecule has 0 spiro atoms. The SMILES string of the molecule is O=CC(=CC(F)(F)F)c1ccc(F)cc1. The van der Waals surface area contributed by atoms with Gasteiger partial charge in [0.25, 0.3) is 0 Å². The second kappa shape index (κ2) is 4.25. The Hall–Kier alpha value is -1.65. The summed E-state index contributed by atoms with van der Waals surface area (Å²) in [6.07, 6.45) is -4.60. The molecule has 0 aromatic heterocycles. The zero-order valence-electron chi connectivity index (χ0n) is 7.38. The molecule has 0 aliphatic carbocycles. The summed E-state index contributed by atoms with van der Waals surface area (Å²) < 4.78 is 48.3. The minimum atomic E-state index is -4.56. The van der Waals surface area contributed by atoms with E-state index in [4.69, 9.17) is 0 Å². The molecule has 0 aliphatic heterocycles. The number of aldehydes is 1. The van der Waals surface area contributed by atoms with Gasteiger partial charge in [0.2, 0.25) is 0 Å². The molecule has 1 rings (SSSR count). The molecule has 80 valence electrons. The van der Waals surface area contributed by atoms with E-state index < -0.39 is 17.6 Å². The Labute approximate surface area is 83.0 Å². The first-order valence-corrected chi connectivity index (χ1v) is 3.93. The molecule has 0 bridgehead atoms. The molecule has 1 aromatic rings. The fourth-order valence-electron chi connectivity index (χ4n) is 1.00. The van der Waals surface area contributed by atoms with Crippen LogP contribution in [0.2, 0.25) is 0 Å². The van der Waals surface area contributed by atoms with Gasteiger partial charge in [-0.15, -0.1) is 0 Å². The van der Waals surface area contributed by atoms with Crippen molar-refractivity contribution in [1.82, 2.24) is 0 Å². The third kappa shape index (κ3) is 3.53. The zero-order chi connectivity index (χ0) is 11.5. The van der Waals surface area contributed by atoms with E-state index in [-0.39, 0.29) is 17.9 Å². The molecule has 0 heterocycles. The molecule has 0 unspecified atom stereocenters. The van der Waals surface area contributed by atoms with Crippen LogP contribution in [0, 0.1) is 5.82 Å². The molecule has 0 radical (unpaired) electrons. The molecular formula is C10H6F4O. The van der Waals surface area contributed by atoms with E-state index >= 15 is 0 Å². The smallest absolute Gasteiger partial charge is 0.298 e. The van der Waals surface area contributed by atoms with E-state index in [0.29, 0.717) is 0 Å². The summed E-state index contributed by atoms with van der Waals surface area (Å²) in [5, 5.41) is 0. The third-order valence-corrected chi connectivity index (χ3v) is 1.62. The van der Waals surface area contributed by atoms with Crippen molar-refractivity contribution in [2.75, 3.05) is 0 Å². The standard InChI is InChI=1S/C10H6F4O/c11-9-3-1-7(2-4-9)8(6-15)5-10(12,13)14/h1-6H. The van der Waals surface area contributed by atoms with Gasteiger partial charge >= 0.3 is 6.18 Å². The second-order valence-corrected chi connectivity index (χ2v) is 2.77. The maximum atomic E-state index is 12.5. The molecule has 0 aliphatic rings. The van der Waals surface area contributed by atoms with E-state index in [2.05, 4.69) is 0 Å². The summed E-state index contributed by atoms with van der Waals surface area (Å²) in [6, 6.07) is 4.20. The van der Waals surface area contributed by atoms with E-state index in [1.807, 2.05) is 0 Å². The highest BCUT2D eigenvalue weighted by Crippen LogP contribution is 2.22. The predicted octanol–water partition coefficient (Wildman–Crippen LogP) is 2.97. The van der Waals surface area contributed by atoms with Gasteiger partial charge < -0.3 is 0 Å². The largest absolute Gasteiger partial charge is 0.410 e. The fourth-order valence-corrected chi connectivity index (χ4v) is 1.00. The first kappa shape index (κ1) is 11.4. The van der Waals surface area contributed by atoms with Crippen molar-refractivity contribution in [3.63, 3.8) is 0 Å². The van der Waals surface area contributed by atoms with Gasteiger partial charge in [-0.2, -0.15) is 13.2 Å². The third-order valence-electron chi connectivity index (χ3n) is 1.62. The first-order chi connectivity index (χ1) is 6.92. The highest BCUT2D eigenvalue weighted by Gasteiger charge is 2.24. The van der Waals surface area contributed by atoms with E-state index in [1.54, 1.807) is 0 Å². The number of rotatable bonds is 2. The van der Waals surface area contributed by atoms with Crippen molar-refractivity contribution < 1.29 is 22.4 Å². The lowest BCUT2D eigenvalue weighted by Gasteiger charge is -2.03. The Bertz CT molecular complexity index is 375. The quantitative estimate of drug-likeness (QED) is 0.423. The van der Waals surface area contributed by atoms with Gasteiger partial charge in [0.1, 0.15) is 5.82 Å². The molecule has 5 heteroatoms. The monoisotopic (exact) mass is 218 g/mol. The summed E-state index contributed by atoms with van der Waals surface area (Å²) in [5.41, 5.74) is -0.494. The summed E-state index contributed by atoms with van der Waals surface area (Å²) in [6.45, 7) is 0. The zero-order valence-corrected chi connectivity index (χ0v) is 7.38. The average molecular weight is 218 g/mol. The topological polar surface area (TPSA) is 17.1 Å². The van der Waals surface area contributed by atoms with Crippen LogP contribution in [0.4, 0.5) is 17.6 Å². The summed E-state index contributed by atoms with van der Waals surface area (Å²) in [4.78, 5) is 10.4. The lowest BCUT2D eigenvalue weighted by Crippen LogP contribution is -2.03. The minimum absolute atomic E-state index is 0.0312. The molecule has 0 saturated heterocycles. The molecule has 1 nitrogen and oxygen atoms in total.